The Kier molecular flexibility index (Phi) is 6.22. The van der Waals surface area contributed by atoms with Crippen LogP contribution in [-0.2, 0) is 11.2 Å². The van der Waals surface area contributed by atoms with E-state index in [1.165, 1.54) is 10.9 Å². The van der Waals surface area contributed by atoms with E-state index in [0.29, 0.717) is 18.7 Å². The second-order valence-corrected chi connectivity index (χ2v) is 6.10. The van der Waals surface area contributed by atoms with E-state index in [1.54, 1.807) is 19.5 Å². The van der Waals surface area contributed by atoms with Crippen molar-refractivity contribution in [3.05, 3.63) is 60.0 Å². The molecule has 0 aliphatic carbocycles. The predicted octanol–water partition coefficient (Wildman–Crippen LogP) is 2.98. The molecule has 1 aromatic carbocycles. The number of rotatable bonds is 9. The first kappa shape index (κ1) is 17.9. The van der Waals surface area contributed by atoms with Crippen molar-refractivity contribution in [2.24, 2.45) is 0 Å². The van der Waals surface area contributed by atoms with Gasteiger partial charge in [0, 0.05) is 56.3 Å². The van der Waals surface area contributed by atoms with Gasteiger partial charge in [0.25, 0.3) is 5.91 Å². The number of aromatic nitrogens is 2. The third kappa shape index (κ3) is 4.61. The van der Waals surface area contributed by atoms with E-state index in [1.807, 2.05) is 30.5 Å². The van der Waals surface area contributed by atoms with Gasteiger partial charge in [-0.1, -0.05) is 18.2 Å². The average Bonchev–Trinajstić information content (AvgIpc) is 3.09. The number of H-pyrrole nitrogens is 1. The fourth-order valence-corrected chi connectivity index (χ4v) is 2.86. The van der Waals surface area contributed by atoms with Gasteiger partial charge in [-0.2, -0.15) is 0 Å². The number of carbonyl (C=O) groups is 1. The normalized spacial score (nSPS) is 10.8. The molecule has 3 aromatic rings. The molecule has 0 aliphatic heterocycles. The Balaban J connectivity index is 1.51. The smallest absolute Gasteiger partial charge is 0.252 e. The Morgan fingerprint density at radius 3 is 3.00 bits per heavy atom. The molecule has 3 rings (SSSR count). The van der Waals surface area contributed by atoms with Gasteiger partial charge in [0.2, 0.25) is 0 Å². The topological polar surface area (TPSA) is 79.0 Å². The van der Waals surface area contributed by atoms with Crippen LogP contribution in [0.1, 0.15) is 22.3 Å². The number of methoxy groups -OCH3 is 1. The third-order valence-electron chi connectivity index (χ3n) is 4.21. The molecule has 0 unspecified atom stereocenters. The minimum atomic E-state index is -0.113. The molecule has 2 heterocycles. The summed E-state index contributed by atoms with van der Waals surface area (Å²) in [6.07, 6.45) is 6.98. The quantitative estimate of drug-likeness (QED) is 0.517. The molecule has 6 heteroatoms. The van der Waals surface area contributed by atoms with E-state index in [-0.39, 0.29) is 5.91 Å². The van der Waals surface area contributed by atoms with E-state index < -0.39 is 0 Å². The number of pyridine rings is 1. The van der Waals surface area contributed by atoms with E-state index >= 15 is 0 Å². The number of anilines is 1. The number of ether oxygens (including phenoxy) is 1. The van der Waals surface area contributed by atoms with Crippen LogP contribution in [0.3, 0.4) is 0 Å². The van der Waals surface area contributed by atoms with Gasteiger partial charge >= 0.3 is 0 Å². The van der Waals surface area contributed by atoms with Gasteiger partial charge in [0.05, 0.1) is 11.3 Å². The highest BCUT2D eigenvalue weighted by atomic mass is 16.5. The van der Waals surface area contributed by atoms with Crippen molar-refractivity contribution in [1.29, 1.82) is 0 Å². The van der Waals surface area contributed by atoms with Crippen molar-refractivity contribution in [2.45, 2.75) is 12.8 Å². The van der Waals surface area contributed by atoms with Gasteiger partial charge < -0.3 is 20.4 Å². The first-order chi connectivity index (χ1) is 12.8. The zero-order valence-electron chi connectivity index (χ0n) is 14.9. The molecule has 0 saturated heterocycles. The van der Waals surface area contributed by atoms with Crippen LogP contribution in [0.5, 0.6) is 0 Å². The van der Waals surface area contributed by atoms with Crippen LogP contribution in [0.25, 0.3) is 10.9 Å². The van der Waals surface area contributed by atoms with Crippen LogP contribution >= 0.6 is 0 Å². The van der Waals surface area contributed by atoms with Gasteiger partial charge in [0.15, 0.2) is 0 Å². The molecule has 0 spiro atoms. The summed E-state index contributed by atoms with van der Waals surface area (Å²) in [5.74, 6) is -0.113. The van der Waals surface area contributed by atoms with Crippen LogP contribution in [0, 0.1) is 0 Å². The lowest BCUT2D eigenvalue weighted by atomic mass is 10.1. The van der Waals surface area contributed by atoms with Crippen LogP contribution in [0.15, 0.2) is 48.9 Å². The number of carbonyl (C=O) groups excluding carboxylic acids is 1. The predicted molar refractivity (Wildman–Crippen MR) is 104 cm³/mol. The molecule has 0 aliphatic rings. The highest BCUT2D eigenvalue weighted by Crippen LogP contribution is 2.17. The van der Waals surface area contributed by atoms with E-state index in [4.69, 9.17) is 4.74 Å². The molecule has 0 fully saturated rings. The Labute approximate surface area is 153 Å². The van der Waals surface area contributed by atoms with Gasteiger partial charge in [-0.3, -0.25) is 9.78 Å². The van der Waals surface area contributed by atoms with Crippen molar-refractivity contribution < 1.29 is 9.53 Å². The number of aromatic amines is 1. The Morgan fingerprint density at radius 2 is 2.12 bits per heavy atom. The second kappa shape index (κ2) is 9.01. The molecule has 0 saturated carbocycles. The van der Waals surface area contributed by atoms with Gasteiger partial charge in [-0.25, -0.2) is 0 Å². The number of hydrogen-bond acceptors (Lipinski definition) is 4. The van der Waals surface area contributed by atoms with Crippen LogP contribution in [0.4, 0.5) is 5.69 Å². The van der Waals surface area contributed by atoms with Crippen molar-refractivity contribution in [3.63, 3.8) is 0 Å². The fourth-order valence-electron chi connectivity index (χ4n) is 2.86. The van der Waals surface area contributed by atoms with Crippen molar-refractivity contribution in [1.82, 2.24) is 15.3 Å². The maximum atomic E-state index is 12.4. The maximum Gasteiger partial charge on any atom is 0.252 e. The Hall–Kier alpha value is -2.86. The molecule has 136 valence electrons. The summed E-state index contributed by atoms with van der Waals surface area (Å²) in [7, 11) is 1.68. The minimum Gasteiger partial charge on any atom is -0.385 e. The van der Waals surface area contributed by atoms with Crippen molar-refractivity contribution in [3.8, 4) is 0 Å². The number of amides is 1. The lowest BCUT2D eigenvalue weighted by Crippen LogP contribution is -2.25. The molecule has 0 radical (unpaired) electrons. The first-order valence-corrected chi connectivity index (χ1v) is 8.79. The van der Waals surface area contributed by atoms with E-state index in [2.05, 4.69) is 26.7 Å². The van der Waals surface area contributed by atoms with Gasteiger partial charge in [-0.05, 0) is 30.5 Å². The molecule has 3 N–H and O–H groups in total. The summed E-state index contributed by atoms with van der Waals surface area (Å²) < 4.78 is 5.02. The number of fused-ring (bicyclic) bond motifs is 1. The SMILES string of the molecule is COCCCNc1cncc(C(=O)NCCc2c[nH]c3ccccc23)c1. The monoisotopic (exact) mass is 352 g/mol. The number of nitrogens with one attached hydrogen (secondary N) is 3. The summed E-state index contributed by atoms with van der Waals surface area (Å²) in [5, 5.41) is 7.41. The zero-order valence-corrected chi connectivity index (χ0v) is 14.9. The molecule has 0 atom stereocenters. The van der Waals surface area contributed by atoms with E-state index in [0.717, 1.165) is 30.6 Å². The molecular formula is C20H24N4O2. The average molecular weight is 352 g/mol. The standard InChI is InChI=1S/C20H24N4O2/c1-26-10-4-8-22-17-11-16(12-21-14-17)20(25)23-9-7-15-13-24-19-6-3-2-5-18(15)19/h2-3,5-6,11-14,22,24H,4,7-10H2,1H3,(H,23,25). The summed E-state index contributed by atoms with van der Waals surface area (Å²) in [4.78, 5) is 19.8. The van der Waals surface area contributed by atoms with Crippen LogP contribution < -0.4 is 10.6 Å². The Morgan fingerprint density at radius 1 is 1.23 bits per heavy atom. The zero-order chi connectivity index (χ0) is 18.2. The number of nitrogens with zero attached hydrogens (tertiary/aromatic N) is 1. The summed E-state index contributed by atoms with van der Waals surface area (Å²) in [6.45, 7) is 2.06. The minimum absolute atomic E-state index is 0.113. The molecule has 1 amide bonds. The lowest BCUT2D eigenvalue weighted by molar-refractivity contribution is 0.0954. The first-order valence-electron chi connectivity index (χ1n) is 8.79. The number of benzene rings is 1. The molecule has 26 heavy (non-hydrogen) atoms. The Bertz CT molecular complexity index is 860. The molecule has 6 nitrogen and oxygen atoms in total. The second-order valence-electron chi connectivity index (χ2n) is 6.10. The van der Waals surface area contributed by atoms with Crippen LogP contribution in [0.2, 0.25) is 0 Å². The summed E-state index contributed by atoms with van der Waals surface area (Å²) in [6, 6.07) is 9.99. The fraction of sp³-hybridized carbons (Fsp3) is 0.300. The highest BCUT2D eigenvalue weighted by molar-refractivity contribution is 5.94. The number of para-hydroxylation sites is 1. The summed E-state index contributed by atoms with van der Waals surface area (Å²) >= 11 is 0. The number of hydrogen-bond donors (Lipinski definition) is 3. The maximum absolute atomic E-state index is 12.4. The lowest BCUT2D eigenvalue weighted by Gasteiger charge is -2.08. The summed E-state index contributed by atoms with van der Waals surface area (Å²) in [5.41, 5.74) is 3.71. The molecular weight excluding hydrogens is 328 g/mol. The molecule has 2 aromatic heterocycles. The third-order valence-corrected chi connectivity index (χ3v) is 4.21. The molecule has 0 bridgehead atoms. The van der Waals surface area contributed by atoms with Gasteiger partial charge in [-0.15, -0.1) is 0 Å². The van der Waals surface area contributed by atoms with E-state index in [9.17, 15) is 4.79 Å². The van der Waals surface area contributed by atoms with Gasteiger partial charge in [0.1, 0.15) is 0 Å². The van der Waals surface area contributed by atoms with Crippen LogP contribution in [-0.4, -0.2) is 42.7 Å². The van der Waals surface area contributed by atoms with Crippen molar-refractivity contribution >= 4 is 22.5 Å². The van der Waals surface area contributed by atoms with Crippen molar-refractivity contribution in [2.75, 3.05) is 32.1 Å². The largest absolute Gasteiger partial charge is 0.385 e. The highest BCUT2D eigenvalue weighted by Gasteiger charge is 2.08.